The van der Waals surface area contributed by atoms with E-state index in [4.69, 9.17) is 14.5 Å². The Morgan fingerprint density at radius 3 is 2.89 bits per heavy atom. The first-order valence-electron chi connectivity index (χ1n) is 12.6. The van der Waals surface area contributed by atoms with Crippen LogP contribution in [-0.4, -0.2) is 60.5 Å². The van der Waals surface area contributed by atoms with Crippen LogP contribution in [0.5, 0.6) is 5.75 Å². The van der Waals surface area contributed by atoms with Gasteiger partial charge >= 0.3 is 0 Å². The lowest BCUT2D eigenvalue weighted by molar-refractivity contribution is -0.120. The van der Waals surface area contributed by atoms with E-state index in [-0.39, 0.29) is 5.41 Å². The molecule has 2 aromatic carbocycles. The van der Waals surface area contributed by atoms with Crippen LogP contribution in [0, 0.1) is 10.8 Å². The first-order valence-corrected chi connectivity index (χ1v) is 12.6. The maximum absolute atomic E-state index is 6.05. The zero-order valence-electron chi connectivity index (χ0n) is 20.2. The van der Waals surface area contributed by atoms with E-state index in [2.05, 4.69) is 63.1 Å². The number of fused-ring (bicyclic) bond motifs is 2. The highest BCUT2D eigenvalue weighted by atomic mass is 16.5. The van der Waals surface area contributed by atoms with Gasteiger partial charge in [0.25, 0.3) is 0 Å². The lowest BCUT2D eigenvalue weighted by atomic mass is 9.86. The number of benzene rings is 2. The van der Waals surface area contributed by atoms with Crippen molar-refractivity contribution in [3.63, 3.8) is 0 Å². The predicted molar refractivity (Wildman–Crippen MR) is 138 cm³/mol. The highest BCUT2D eigenvalue weighted by Gasteiger charge is 2.40. The van der Waals surface area contributed by atoms with Crippen molar-refractivity contribution in [1.29, 1.82) is 0 Å². The summed E-state index contributed by atoms with van der Waals surface area (Å²) in [5, 5.41) is 4.74. The van der Waals surface area contributed by atoms with Gasteiger partial charge in [0.05, 0.1) is 42.1 Å². The third kappa shape index (κ3) is 3.65. The normalized spacial score (nSPS) is 23.4. The zero-order chi connectivity index (χ0) is 23.5. The molecule has 1 atom stereocenters. The summed E-state index contributed by atoms with van der Waals surface area (Å²) in [6.45, 7) is 8.83. The van der Waals surface area contributed by atoms with Gasteiger partial charge in [0.15, 0.2) is 0 Å². The Kier molecular flexibility index (Phi) is 4.79. The van der Waals surface area contributed by atoms with E-state index in [0.29, 0.717) is 12.0 Å². The maximum Gasteiger partial charge on any atom is 0.139 e. The van der Waals surface area contributed by atoms with E-state index in [0.717, 1.165) is 67.5 Å². The van der Waals surface area contributed by atoms with Crippen molar-refractivity contribution < 1.29 is 9.47 Å². The van der Waals surface area contributed by atoms with Crippen LogP contribution >= 0.6 is 0 Å². The second-order valence-electron chi connectivity index (χ2n) is 11.0. The molecule has 3 fully saturated rings. The summed E-state index contributed by atoms with van der Waals surface area (Å²) in [5.74, 6) is 1.73. The van der Waals surface area contributed by atoms with E-state index in [1.165, 1.54) is 23.9 Å². The number of ether oxygens (including phenoxy) is 2. The van der Waals surface area contributed by atoms with Gasteiger partial charge in [0, 0.05) is 41.9 Å². The molecular formula is C28H31N5O2. The minimum Gasteiger partial charge on any atom is -0.493 e. The molecule has 7 nitrogen and oxygen atoms in total. The molecule has 3 aliphatic rings. The van der Waals surface area contributed by atoms with Crippen LogP contribution in [0.2, 0.25) is 0 Å². The van der Waals surface area contributed by atoms with Crippen molar-refractivity contribution in [3.05, 3.63) is 54.9 Å². The molecule has 3 saturated heterocycles. The van der Waals surface area contributed by atoms with Crippen molar-refractivity contribution in [3.8, 4) is 11.6 Å². The summed E-state index contributed by atoms with van der Waals surface area (Å²) in [7, 11) is 0. The Hall–Kier alpha value is -3.16. The average molecular weight is 470 g/mol. The number of para-hydroxylation sites is 1. The number of aromatic nitrogens is 3. The number of anilines is 1. The average Bonchev–Trinajstić information content (AvgIpc) is 3.61. The monoisotopic (exact) mass is 469 g/mol. The first-order chi connectivity index (χ1) is 17.1. The second-order valence-corrected chi connectivity index (χ2v) is 11.0. The van der Waals surface area contributed by atoms with Crippen molar-refractivity contribution in [1.82, 2.24) is 19.9 Å². The van der Waals surface area contributed by atoms with Gasteiger partial charge < -0.3 is 19.7 Å². The van der Waals surface area contributed by atoms with Crippen LogP contribution in [-0.2, 0) is 4.74 Å². The fourth-order valence-electron chi connectivity index (χ4n) is 5.85. The first kappa shape index (κ1) is 21.1. The summed E-state index contributed by atoms with van der Waals surface area (Å²) in [6, 6.07) is 16.9. The third-order valence-electron chi connectivity index (χ3n) is 8.05. The lowest BCUT2D eigenvalue weighted by Gasteiger charge is -2.37. The largest absolute Gasteiger partial charge is 0.493 e. The second kappa shape index (κ2) is 7.93. The molecule has 1 unspecified atom stereocenters. The molecule has 0 aliphatic carbocycles. The zero-order valence-corrected chi connectivity index (χ0v) is 20.2. The molecule has 1 N–H and O–H groups in total. The predicted octanol–water partition coefficient (Wildman–Crippen LogP) is 4.18. The van der Waals surface area contributed by atoms with Crippen LogP contribution in [0.25, 0.3) is 27.8 Å². The van der Waals surface area contributed by atoms with Gasteiger partial charge in [0.1, 0.15) is 17.9 Å². The van der Waals surface area contributed by atoms with Gasteiger partial charge in [0.2, 0.25) is 0 Å². The Balaban J connectivity index is 1.20. The molecule has 0 radical (unpaired) electrons. The van der Waals surface area contributed by atoms with E-state index < -0.39 is 0 Å². The molecule has 7 rings (SSSR count). The smallest absolute Gasteiger partial charge is 0.139 e. The van der Waals surface area contributed by atoms with Gasteiger partial charge in [-0.1, -0.05) is 19.1 Å². The molecule has 4 aromatic rings. The number of pyridine rings is 1. The quantitative estimate of drug-likeness (QED) is 0.473. The number of nitrogens with zero attached hydrogens (tertiary/aromatic N) is 4. The van der Waals surface area contributed by atoms with Crippen molar-refractivity contribution in [2.75, 3.05) is 50.9 Å². The fourth-order valence-corrected chi connectivity index (χ4v) is 5.85. The van der Waals surface area contributed by atoms with E-state index in [1.54, 1.807) is 0 Å². The number of hydrogen-bond donors (Lipinski definition) is 1. The minimum atomic E-state index is 0.115. The van der Waals surface area contributed by atoms with E-state index >= 15 is 0 Å². The van der Waals surface area contributed by atoms with Crippen LogP contribution in [0.4, 0.5) is 5.69 Å². The Labute approximate surface area is 205 Å². The molecule has 2 aromatic heterocycles. The number of rotatable bonds is 5. The molecule has 7 heteroatoms. The molecule has 180 valence electrons. The topological polar surface area (TPSA) is 64.4 Å². The maximum atomic E-state index is 6.05. The molecule has 0 saturated carbocycles. The lowest BCUT2D eigenvalue weighted by Crippen LogP contribution is -2.44. The molecule has 0 bridgehead atoms. The molecule has 5 heterocycles. The fraction of sp³-hybridized carbons (Fsp3) is 0.429. The molecule has 3 aliphatic heterocycles. The molecular weight excluding hydrogens is 438 g/mol. The summed E-state index contributed by atoms with van der Waals surface area (Å²) >= 11 is 0. The number of imidazole rings is 1. The van der Waals surface area contributed by atoms with Crippen molar-refractivity contribution in [2.24, 2.45) is 10.8 Å². The van der Waals surface area contributed by atoms with Gasteiger partial charge in [-0.25, -0.2) is 9.97 Å². The van der Waals surface area contributed by atoms with E-state index in [9.17, 15) is 0 Å². The molecule has 35 heavy (non-hydrogen) atoms. The summed E-state index contributed by atoms with van der Waals surface area (Å²) in [6.07, 6.45) is 4.38. The molecule has 0 amide bonds. The number of hydrogen-bond acceptors (Lipinski definition) is 6. The summed E-state index contributed by atoms with van der Waals surface area (Å²) in [4.78, 5) is 12.4. The highest BCUT2D eigenvalue weighted by Crippen LogP contribution is 2.40. The van der Waals surface area contributed by atoms with E-state index in [1.807, 2.05) is 18.5 Å². The van der Waals surface area contributed by atoms with Gasteiger partial charge in [-0.3, -0.25) is 4.57 Å². The highest BCUT2D eigenvalue weighted by molar-refractivity contribution is 5.92. The Morgan fingerprint density at radius 2 is 2.06 bits per heavy atom. The van der Waals surface area contributed by atoms with Crippen LogP contribution in [0.15, 0.2) is 54.9 Å². The molecule has 1 spiro atoms. The standard InChI is InChI=1S/C28H31N5O2/c1-27(16-34-17-27)18-35-21-6-7-23-22(13-21)30-19-33(23)25-8-5-20-3-2-4-24(26(20)31-25)32-12-10-28(15-32)9-11-29-14-28/h2-8,13,19,29H,9-12,14-18H2,1H3. The Morgan fingerprint density at radius 1 is 1.11 bits per heavy atom. The van der Waals surface area contributed by atoms with Crippen molar-refractivity contribution >= 4 is 27.6 Å². The Bertz CT molecular complexity index is 1400. The van der Waals surface area contributed by atoms with Gasteiger partial charge in [-0.05, 0) is 49.7 Å². The van der Waals surface area contributed by atoms with Gasteiger partial charge in [-0.2, -0.15) is 0 Å². The number of nitrogens with one attached hydrogen (secondary N) is 1. The minimum absolute atomic E-state index is 0.115. The third-order valence-corrected chi connectivity index (χ3v) is 8.05. The van der Waals surface area contributed by atoms with Gasteiger partial charge in [-0.15, -0.1) is 0 Å². The van der Waals surface area contributed by atoms with Crippen molar-refractivity contribution in [2.45, 2.75) is 19.8 Å². The summed E-state index contributed by atoms with van der Waals surface area (Å²) < 4.78 is 13.5. The van der Waals surface area contributed by atoms with Crippen LogP contribution in [0.3, 0.4) is 0 Å². The SMILES string of the molecule is CC1(COc2ccc3c(c2)ncn3-c2ccc3cccc(N4CCC5(CCNC5)C4)c3n2)COC1. The van der Waals surface area contributed by atoms with Crippen LogP contribution in [0.1, 0.15) is 19.8 Å². The van der Waals surface area contributed by atoms with Crippen LogP contribution < -0.4 is 15.0 Å². The summed E-state index contributed by atoms with van der Waals surface area (Å²) in [5.41, 5.74) is 4.76.